The number of carboxylic acids is 1. The van der Waals surface area contributed by atoms with Crippen LogP contribution in [0.1, 0.15) is 21.0 Å². The minimum atomic E-state index is -1.11. The van der Waals surface area contributed by atoms with Crippen LogP contribution in [0.2, 0.25) is 0 Å². The number of amides is 1. The molecule has 4 N–H and O–H groups in total. The lowest BCUT2D eigenvalue weighted by molar-refractivity contribution is 0.0691. The van der Waals surface area contributed by atoms with E-state index in [0.29, 0.717) is 0 Å². The average molecular weight is 154 g/mol. The van der Waals surface area contributed by atoms with Crippen LogP contribution in [0.15, 0.2) is 12.1 Å². The van der Waals surface area contributed by atoms with E-state index in [1.165, 1.54) is 12.1 Å². The van der Waals surface area contributed by atoms with E-state index < -0.39 is 11.9 Å². The number of H-pyrrole nitrogens is 1. The van der Waals surface area contributed by atoms with Gasteiger partial charge in [-0.2, -0.15) is 0 Å². The molecule has 1 rings (SSSR count). The molecule has 0 fully saturated rings. The largest absolute Gasteiger partial charge is 0.477 e. The summed E-state index contributed by atoms with van der Waals surface area (Å²) in [6, 6.07) is 2.61. The molecular weight excluding hydrogens is 148 g/mol. The van der Waals surface area contributed by atoms with Crippen molar-refractivity contribution in [1.29, 1.82) is 0 Å². The first-order chi connectivity index (χ1) is 5.11. The molecular formula is C6H6N2O3. The highest BCUT2D eigenvalue weighted by molar-refractivity contribution is 5.94. The summed E-state index contributed by atoms with van der Waals surface area (Å²) < 4.78 is 0. The summed E-state index contributed by atoms with van der Waals surface area (Å²) in [5.41, 5.74) is 4.92. The zero-order valence-electron chi connectivity index (χ0n) is 5.50. The number of nitrogens with one attached hydrogen (secondary N) is 1. The Bertz CT molecular complexity index is 274. The fraction of sp³-hybridized carbons (Fsp3) is 0. The van der Waals surface area contributed by atoms with Gasteiger partial charge in [0.2, 0.25) is 0 Å². The molecule has 0 aromatic carbocycles. The van der Waals surface area contributed by atoms with Gasteiger partial charge < -0.3 is 15.8 Å². The van der Waals surface area contributed by atoms with E-state index >= 15 is 0 Å². The van der Waals surface area contributed by atoms with Crippen LogP contribution in [0.4, 0.5) is 0 Å². The molecule has 5 heteroatoms. The first-order valence-corrected chi connectivity index (χ1v) is 2.83. The number of aromatic nitrogens is 1. The van der Waals surface area contributed by atoms with Crippen LogP contribution in [-0.2, 0) is 0 Å². The molecule has 0 aliphatic rings. The van der Waals surface area contributed by atoms with E-state index in [2.05, 4.69) is 4.98 Å². The van der Waals surface area contributed by atoms with Crippen molar-refractivity contribution in [2.75, 3.05) is 0 Å². The number of aromatic amines is 1. The van der Waals surface area contributed by atoms with Crippen molar-refractivity contribution >= 4 is 11.9 Å². The molecule has 1 amide bonds. The number of nitrogens with two attached hydrogens (primary N) is 1. The summed E-state index contributed by atoms with van der Waals surface area (Å²) in [5.74, 6) is -1.78. The normalized spacial score (nSPS) is 9.45. The van der Waals surface area contributed by atoms with Gasteiger partial charge in [-0.25, -0.2) is 4.79 Å². The molecule has 0 unspecified atom stereocenters. The molecule has 5 nitrogen and oxygen atoms in total. The number of primary amides is 1. The minimum Gasteiger partial charge on any atom is -0.477 e. The molecule has 58 valence electrons. The highest BCUT2D eigenvalue weighted by Crippen LogP contribution is 1.99. The SMILES string of the molecule is NC(=O)c1ccc(C(=O)O)[nH]1. The van der Waals surface area contributed by atoms with Gasteiger partial charge in [-0.15, -0.1) is 0 Å². The Balaban J connectivity index is 2.99. The van der Waals surface area contributed by atoms with E-state index in [0.717, 1.165) is 0 Å². The smallest absolute Gasteiger partial charge is 0.352 e. The second-order valence-corrected chi connectivity index (χ2v) is 1.96. The maximum atomic E-state index is 10.4. The van der Waals surface area contributed by atoms with Crippen LogP contribution in [0, 0.1) is 0 Å². The van der Waals surface area contributed by atoms with Gasteiger partial charge in [0, 0.05) is 0 Å². The third kappa shape index (κ3) is 1.37. The lowest BCUT2D eigenvalue weighted by atomic mass is 10.4. The summed E-state index contributed by atoms with van der Waals surface area (Å²) in [6.45, 7) is 0. The summed E-state index contributed by atoms with van der Waals surface area (Å²) in [7, 11) is 0. The molecule has 1 heterocycles. The Morgan fingerprint density at radius 2 is 1.91 bits per heavy atom. The molecule has 0 spiro atoms. The predicted octanol–water partition coefficient (Wildman–Crippen LogP) is -0.188. The molecule has 0 atom stereocenters. The Hall–Kier alpha value is -1.78. The standard InChI is InChI=1S/C6H6N2O3/c7-5(9)3-1-2-4(8-3)6(10)11/h1-2,8H,(H2,7,9)(H,10,11). The molecule has 0 bridgehead atoms. The van der Waals surface area contributed by atoms with Gasteiger partial charge in [0.25, 0.3) is 5.91 Å². The molecule has 1 aromatic rings. The van der Waals surface area contributed by atoms with Gasteiger partial charge in [-0.05, 0) is 12.1 Å². The molecule has 0 aliphatic heterocycles. The van der Waals surface area contributed by atoms with Crippen molar-refractivity contribution in [2.24, 2.45) is 5.73 Å². The maximum Gasteiger partial charge on any atom is 0.352 e. The first-order valence-electron chi connectivity index (χ1n) is 2.83. The summed E-state index contributed by atoms with van der Waals surface area (Å²) in [5, 5.41) is 8.40. The van der Waals surface area contributed by atoms with E-state index in [-0.39, 0.29) is 11.4 Å². The van der Waals surface area contributed by atoms with Crippen molar-refractivity contribution in [3.8, 4) is 0 Å². The quantitative estimate of drug-likeness (QED) is 0.550. The van der Waals surface area contributed by atoms with Gasteiger partial charge in [0.15, 0.2) is 0 Å². The lowest BCUT2D eigenvalue weighted by Crippen LogP contribution is -2.11. The fourth-order valence-corrected chi connectivity index (χ4v) is 0.664. The van der Waals surface area contributed by atoms with Gasteiger partial charge in [-0.3, -0.25) is 4.79 Å². The monoisotopic (exact) mass is 154 g/mol. The van der Waals surface area contributed by atoms with Crippen LogP contribution >= 0.6 is 0 Å². The number of carbonyl (C=O) groups is 2. The summed E-state index contributed by atoms with van der Waals surface area (Å²) >= 11 is 0. The van der Waals surface area contributed by atoms with Crippen LogP contribution in [-0.4, -0.2) is 22.0 Å². The van der Waals surface area contributed by atoms with Gasteiger partial charge in [-0.1, -0.05) is 0 Å². The third-order valence-electron chi connectivity index (χ3n) is 1.18. The van der Waals surface area contributed by atoms with E-state index in [4.69, 9.17) is 10.8 Å². The highest BCUT2D eigenvalue weighted by atomic mass is 16.4. The summed E-state index contributed by atoms with van der Waals surface area (Å²) in [4.78, 5) is 23.0. The number of hydrogen-bond acceptors (Lipinski definition) is 2. The van der Waals surface area contributed by atoms with Crippen LogP contribution in [0.25, 0.3) is 0 Å². The third-order valence-corrected chi connectivity index (χ3v) is 1.18. The van der Waals surface area contributed by atoms with Crippen molar-refractivity contribution in [2.45, 2.75) is 0 Å². The number of carboxylic acid groups (broad SMARTS) is 1. The van der Waals surface area contributed by atoms with E-state index in [1.807, 2.05) is 0 Å². The average Bonchev–Trinajstić information content (AvgIpc) is 2.33. The Kier molecular flexibility index (Phi) is 1.63. The number of hydrogen-bond donors (Lipinski definition) is 3. The van der Waals surface area contributed by atoms with Crippen molar-refractivity contribution < 1.29 is 14.7 Å². The van der Waals surface area contributed by atoms with Gasteiger partial charge >= 0.3 is 5.97 Å². The number of carbonyl (C=O) groups excluding carboxylic acids is 1. The van der Waals surface area contributed by atoms with Crippen LogP contribution < -0.4 is 5.73 Å². The Morgan fingerprint density at radius 1 is 1.36 bits per heavy atom. The second-order valence-electron chi connectivity index (χ2n) is 1.96. The van der Waals surface area contributed by atoms with Gasteiger partial charge in [0.05, 0.1) is 0 Å². The van der Waals surface area contributed by atoms with E-state index in [9.17, 15) is 9.59 Å². The zero-order chi connectivity index (χ0) is 8.43. The topological polar surface area (TPSA) is 96.2 Å². The Labute approximate surface area is 61.8 Å². The second kappa shape index (κ2) is 2.45. The molecule has 0 saturated heterocycles. The summed E-state index contributed by atoms with van der Waals surface area (Å²) in [6.07, 6.45) is 0. The molecule has 1 aromatic heterocycles. The molecule has 0 saturated carbocycles. The van der Waals surface area contributed by atoms with E-state index in [1.54, 1.807) is 0 Å². The fourth-order valence-electron chi connectivity index (χ4n) is 0.664. The number of aromatic carboxylic acids is 1. The highest BCUT2D eigenvalue weighted by Gasteiger charge is 2.07. The van der Waals surface area contributed by atoms with Gasteiger partial charge in [0.1, 0.15) is 11.4 Å². The van der Waals surface area contributed by atoms with Crippen molar-refractivity contribution in [1.82, 2.24) is 4.98 Å². The molecule has 0 aliphatic carbocycles. The molecule has 0 radical (unpaired) electrons. The Morgan fingerprint density at radius 3 is 2.18 bits per heavy atom. The van der Waals surface area contributed by atoms with Crippen LogP contribution in [0.3, 0.4) is 0 Å². The van der Waals surface area contributed by atoms with Crippen molar-refractivity contribution in [3.05, 3.63) is 23.5 Å². The lowest BCUT2D eigenvalue weighted by Gasteiger charge is -1.87. The first kappa shape index (κ1) is 7.33. The van der Waals surface area contributed by atoms with Crippen molar-refractivity contribution in [3.63, 3.8) is 0 Å². The maximum absolute atomic E-state index is 10.4. The van der Waals surface area contributed by atoms with Crippen LogP contribution in [0.5, 0.6) is 0 Å². The molecule has 11 heavy (non-hydrogen) atoms. The predicted molar refractivity (Wildman–Crippen MR) is 36.3 cm³/mol. The zero-order valence-corrected chi connectivity index (χ0v) is 5.50. The minimum absolute atomic E-state index is 0.0428. The number of rotatable bonds is 2.